The molecule has 27 heavy (non-hydrogen) atoms. The van der Waals surface area contributed by atoms with Gasteiger partial charge >= 0.3 is 0 Å². The molecule has 0 amide bonds. The topological polar surface area (TPSA) is 147 Å². The van der Waals surface area contributed by atoms with E-state index in [1.54, 1.807) is 0 Å². The zero-order chi connectivity index (χ0) is 19.8. The number of hydrogen-bond acceptors (Lipinski definition) is 7. The molecular weight excluding hydrogens is 418 g/mol. The Morgan fingerprint density at radius 3 is 1.26 bits per heavy atom. The Labute approximate surface area is 159 Å². The van der Waals surface area contributed by atoms with Crippen molar-refractivity contribution in [3.63, 3.8) is 0 Å². The van der Waals surface area contributed by atoms with Crippen molar-refractivity contribution in [1.82, 2.24) is 15.0 Å². The molecule has 0 saturated carbocycles. The van der Waals surface area contributed by atoms with Crippen LogP contribution < -0.4 is 0 Å². The second kappa shape index (κ2) is 6.94. The monoisotopic (exact) mass is 427 g/mol. The molecule has 0 bridgehead atoms. The molecule has 0 unspecified atom stereocenters. The standard InChI is InChI=1S/C15H10ClN3O6S2/c16-15-18-13(9-1-5-11(6-2-9)26(20,21)22)17-14(19-15)10-3-7-12(8-4-10)27(23,24)25/h1-8H,(H,20,21,22)(H,23,24,25). The van der Waals surface area contributed by atoms with Gasteiger partial charge in [0.05, 0.1) is 9.79 Å². The first-order chi connectivity index (χ1) is 12.5. The van der Waals surface area contributed by atoms with E-state index in [4.69, 9.17) is 20.7 Å². The van der Waals surface area contributed by atoms with Crippen LogP contribution in [0.2, 0.25) is 5.28 Å². The van der Waals surface area contributed by atoms with Gasteiger partial charge in [-0.25, -0.2) is 4.98 Å². The molecule has 0 saturated heterocycles. The lowest BCUT2D eigenvalue weighted by Crippen LogP contribution is -2.00. The second-order valence-electron chi connectivity index (χ2n) is 5.25. The minimum atomic E-state index is -4.33. The fourth-order valence-electron chi connectivity index (χ4n) is 2.16. The lowest BCUT2D eigenvalue weighted by atomic mass is 10.2. The second-order valence-corrected chi connectivity index (χ2v) is 8.43. The number of nitrogens with zero attached hydrogens (tertiary/aromatic N) is 3. The predicted octanol–water partition coefficient (Wildman–Crippen LogP) is 2.35. The number of benzene rings is 2. The normalized spacial score (nSPS) is 12.1. The number of rotatable bonds is 4. The zero-order valence-electron chi connectivity index (χ0n) is 13.2. The molecule has 9 nitrogen and oxygen atoms in total. The summed E-state index contributed by atoms with van der Waals surface area (Å²) in [6, 6.07) is 10.3. The molecule has 140 valence electrons. The minimum absolute atomic E-state index is 0.132. The van der Waals surface area contributed by atoms with Crippen LogP contribution in [0.5, 0.6) is 0 Å². The van der Waals surface area contributed by atoms with Crippen molar-refractivity contribution in [3.8, 4) is 22.8 Å². The van der Waals surface area contributed by atoms with Crippen molar-refractivity contribution in [2.45, 2.75) is 9.79 Å². The minimum Gasteiger partial charge on any atom is -0.282 e. The molecule has 0 aliphatic rings. The summed E-state index contributed by atoms with van der Waals surface area (Å²) in [6.45, 7) is 0. The third kappa shape index (κ3) is 4.46. The Kier molecular flexibility index (Phi) is 4.97. The summed E-state index contributed by atoms with van der Waals surface area (Å²) in [6.07, 6.45) is 0. The first kappa shape index (κ1) is 19.3. The van der Waals surface area contributed by atoms with Gasteiger partial charge in [0, 0.05) is 11.1 Å². The molecule has 1 aromatic heterocycles. The third-order valence-electron chi connectivity index (χ3n) is 3.43. The fourth-order valence-corrected chi connectivity index (χ4v) is 3.28. The summed E-state index contributed by atoms with van der Waals surface area (Å²) in [5.74, 6) is 0.288. The maximum atomic E-state index is 11.1. The van der Waals surface area contributed by atoms with Crippen molar-refractivity contribution in [3.05, 3.63) is 53.8 Å². The predicted molar refractivity (Wildman–Crippen MR) is 95.3 cm³/mol. The van der Waals surface area contributed by atoms with Crippen LogP contribution >= 0.6 is 11.6 Å². The number of halogens is 1. The van der Waals surface area contributed by atoms with Gasteiger partial charge in [-0.3, -0.25) is 9.11 Å². The van der Waals surface area contributed by atoms with Crippen LogP contribution in [0.3, 0.4) is 0 Å². The Morgan fingerprint density at radius 1 is 0.630 bits per heavy atom. The number of aromatic nitrogens is 3. The van der Waals surface area contributed by atoms with Crippen molar-refractivity contribution in [2.24, 2.45) is 0 Å². The summed E-state index contributed by atoms with van der Waals surface area (Å²) < 4.78 is 62.5. The molecule has 3 rings (SSSR count). The SMILES string of the molecule is O=S(=O)(O)c1ccc(-c2nc(Cl)nc(-c3ccc(S(=O)(=O)O)cc3)n2)cc1. The average molecular weight is 428 g/mol. The van der Waals surface area contributed by atoms with Crippen molar-refractivity contribution in [1.29, 1.82) is 0 Å². The van der Waals surface area contributed by atoms with Gasteiger partial charge in [-0.05, 0) is 60.1 Å². The summed E-state index contributed by atoms with van der Waals surface area (Å²) in [7, 11) is -8.65. The van der Waals surface area contributed by atoms with Gasteiger partial charge < -0.3 is 0 Å². The Hall–Kier alpha value is -2.44. The lowest BCUT2D eigenvalue weighted by Gasteiger charge is -2.06. The third-order valence-corrected chi connectivity index (χ3v) is 5.33. The van der Waals surface area contributed by atoms with Crippen LogP contribution in [-0.4, -0.2) is 40.9 Å². The largest absolute Gasteiger partial charge is 0.294 e. The molecule has 12 heteroatoms. The Balaban J connectivity index is 2.02. The highest BCUT2D eigenvalue weighted by Crippen LogP contribution is 2.24. The molecule has 3 aromatic rings. The maximum Gasteiger partial charge on any atom is 0.294 e. The molecule has 0 aliphatic heterocycles. The highest BCUT2D eigenvalue weighted by Gasteiger charge is 2.14. The van der Waals surface area contributed by atoms with Gasteiger partial charge in [-0.1, -0.05) is 0 Å². The summed E-state index contributed by atoms with van der Waals surface area (Å²) in [5.41, 5.74) is 0.838. The molecule has 2 N–H and O–H groups in total. The van der Waals surface area contributed by atoms with Crippen LogP contribution in [0.1, 0.15) is 0 Å². The number of hydrogen-bond donors (Lipinski definition) is 2. The van der Waals surface area contributed by atoms with E-state index in [-0.39, 0.29) is 26.7 Å². The van der Waals surface area contributed by atoms with Crippen LogP contribution in [0.25, 0.3) is 22.8 Å². The van der Waals surface area contributed by atoms with Gasteiger partial charge in [0.2, 0.25) is 5.28 Å². The zero-order valence-corrected chi connectivity index (χ0v) is 15.6. The molecule has 0 spiro atoms. The maximum absolute atomic E-state index is 11.1. The van der Waals surface area contributed by atoms with Gasteiger partial charge in [-0.15, -0.1) is 0 Å². The van der Waals surface area contributed by atoms with Crippen LogP contribution in [0.15, 0.2) is 58.3 Å². The van der Waals surface area contributed by atoms with Gasteiger partial charge in [0.25, 0.3) is 20.2 Å². The highest BCUT2D eigenvalue weighted by atomic mass is 35.5. The van der Waals surface area contributed by atoms with Crippen molar-refractivity contribution >= 4 is 31.8 Å². The van der Waals surface area contributed by atoms with E-state index in [1.807, 2.05) is 0 Å². The highest BCUT2D eigenvalue weighted by molar-refractivity contribution is 7.86. The summed E-state index contributed by atoms with van der Waals surface area (Å²) in [5, 5.41) is -0.132. The van der Waals surface area contributed by atoms with Crippen LogP contribution in [-0.2, 0) is 20.2 Å². The molecule has 1 heterocycles. The molecule has 0 radical (unpaired) electrons. The van der Waals surface area contributed by atoms with Crippen molar-refractivity contribution < 1.29 is 25.9 Å². The smallest absolute Gasteiger partial charge is 0.282 e. The quantitative estimate of drug-likeness (QED) is 0.598. The van der Waals surface area contributed by atoms with Crippen LogP contribution in [0, 0.1) is 0 Å². The van der Waals surface area contributed by atoms with E-state index in [0.29, 0.717) is 11.1 Å². The van der Waals surface area contributed by atoms with Gasteiger partial charge in [-0.2, -0.15) is 26.8 Å². The Morgan fingerprint density at radius 2 is 0.963 bits per heavy atom. The van der Waals surface area contributed by atoms with E-state index in [2.05, 4.69) is 15.0 Å². The average Bonchev–Trinajstić information content (AvgIpc) is 2.60. The van der Waals surface area contributed by atoms with E-state index in [1.165, 1.54) is 48.5 Å². The van der Waals surface area contributed by atoms with E-state index < -0.39 is 20.2 Å². The molecular formula is C15H10ClN3O6S2. The Bertz CT molecular complexity index is 1120. The van der Waals surface area contributed by atoms with E-state index in [0.717, 1.165) is 0 Å². The first-order valence-corrected chi connectivity index (χ1v) is 10.4. The summed E-state index contributed by atoms with van der Waals surface area (Å²) >= 11 is 5.92. The summed E-state index contributed by atoms with van der Waals surface area (Å²) in [4.78, 5) is 11.6. The van der Waals surface area contributed by atoms with Gasteiger partial charge in [0.1, 0.15) is 0 Å². The lowest BCUT2D eigenvalue weighted by molar-refractivity contribution is 0.481. The molecule has 0 aliphatic carbocycles. The first-order valence-electron chi connectivity index (χ1n) is 7.11. The molecule has 2 aromatic carbocycles. The van der Waals surface area contributed by atoms with E-state index >= 15 is 0 Å². The van der Waals surface area contributed by atoms with E-state index in [9.17, 15) is 16.8 Å². The van der Waals surface area contributed by atoms with Crippen LogP contribution in [0.4, 0.5) is 0 Å². The van der Waals surface area contributed by atoms with Crippen molar-refractivity contribution in [2.75, 3.05) is 0 Å². The fraction of sp³-hybridized carbons (Fsp3) is 0. The molecule has 0 atom stereocenters. The molecule has 0 fully saturated rings. The van der Waals surface area contributed by atoms with Gasteiger partial charge in [0.15, 0.2) is 11.6 Å².